The normalized spacial score (nSPS) is 17.1. The van der Waals surface area contributed by atoms with E-state index in [0.717, 1.165) is 12.1 Å². The summed E-state index contributed by atoms with van der Waals surface area (Å²) in [6.07, 6.45) is -4.93. The van der Waals surface area contributed by atoms with Crippen molar-refractivity contribution in [3.63, 3.8) is 0 Å². The molecule has 1 saturated heterocycles. The predicted octanol–water partition coefficient (Wildman–Crippen LogP) is 3.50. The summed E-state index contributed by atoms with van der Waals surface area (Å²) < 4.78 is 49.3. The number of rotatable bonds is 4. The number of alkyl halides is 3. The molecule has 0 saturated carbocycles. The summed E-state index contributed by atoms with van der Waals surface area (Å²) in [6.45, 7) is 0.859. The first-order valence-electron chi connectivity index (χ1n) is 8.58. The van der Waals surface area contributed by atoms with Crippen molar-refractivity contribution in [2.45, 2.75) is 12.3 Å². The smallest absolute Gasteiger partial charge is 0.416 e. The number of hydrogen-bond donors (Lipinski definition) is 0. The van der Waals surface area contributed by atoms with E-state index < -0.39 is 17.8 Å². The average molecular weight is 390 g/mol. The molecule has 1 heterocycles. The van der Waals surface area contributed by atoms with Crippen molar-refractivity contribution in [1.82, 2.24) is 4.90 Å². The van der Waals surface area contributed by atoms with Gasteiger partial charge in [-0.15, -0.1) is 0 Å². The van der Waals surface area contributed by atoms with Crippen molar-refractivity contribution in [3.8, 4) is 11.8 Å². The third-order valence-corrected chi connectivity index (χ3v) is 4.30. The number of benzene rings is 2. The van der Waals surface area contributed by atoms with Crippen molar-refractivity contribution in [2.75, 3.05) is 26.3 Å². The second-order valence-corrected chi connectivity index (χ2v) is 6.24. The maximum absolute atomic E-state index is 12.8. The minimum absolute atomic E-state index is 0.00495. The molecule has 0 radical (unpaired) electrons. The van der Waals surface area contributed by atoms with Gasteiger partial charge in [0.15, 0.2) is 0 Å². The Balaban J connectivity index is 1.63. The largest absolute Gasteiger partial charge is 0.491 e. The topological polar surface area (TPSA) is 62.6 Å². The number of amides is 1. The molecule has 1 aliphatic rings. The molecule has 5 nitrogen and oxygen atoms in total. The fraction of sp³-hybridized carbons (Fsp3) is 0.300. The van der Waals surface area contributed by atoms with Crippen LogP contribution in [0.15, 0.2) is 48.5 Å². The maximum Gasteiger partial charge on any atom is 0.416 e. The van der Waals surface area contributed by atoms with Crippen LogP contribution in [0.1, 0.15) is 21.5 Å². The van der Waals surface area contributed by atoms with Crippen molar-refractivity contribution in [3.05, 3.63) is 65.2 Å². The van der Waals surface area contributed by atoms with Gasteiger partial charge in [-0.3, -0.25) is 4.79 Å². The Hall–Kier alpha value is -3.05. The van der Waals surface area contributed by atoms with Gasteiger partial charge >= 0.3 is 6.18 Å². The molecule has 8 heteroatoms. The molecule has 3 rings (SSSR count). The van der Waals surface area contributed by atoms with E-state index in [0.29, 0.717) is 12.1 Å². The highest BCUT2D eigenvalue weighted by atomic mass is 19.4. The van der Waals surface area contributed by atoms with Crippen molar-refractivity contribution >= 4 is 5.91 Å². The van der Waals surface area contributed by atoms with Crippen LogP contribution >= 0.6 is 0 Å². The van der Waals surface area contributed by atoms with Gasteiger partial charge in [-0.2, -0.15) is 18.4 Å². The molecule has 2 aromatic rings. The molecular formula is C20H17F3N2O3. The van der Waals surface area contributed by atoms with Crippen LogP contribution in [0.3, 0.4) is 0 Å². The van der Waals surface area contributed by atoms with E-state index in [-0.39, 0.29) is 37.0 Å². The van der Waals surface area contributed by atoms with Gasteiger partial charge in [0.2, 0.25) is 0 Å². The highest BCUT2D eigenvalue weighted by Crippen LogP contribution is 2.31. The van der Waals surface area contributed by atoms with Crippen molar-refractivity contribution in [1.29, 1.82) is 5.26 Å². The van der Waals surface area contributed by atoms with E-state index in [1.54, 1.807) is 29.2 Å². The fourth-order valence-electron chi connectivity index (χ4n) is 2.89. The lowest BCUT2D eigenvalue weighted by Crippen LogP contribution is -2.47. The van der Waals surface area contributed by atoms with Crippen molar-refractivity contribution in [2.24, 2.45) is 0 Å². The van der Waals surface area contributed by atoms with Crippen molar-refractivity contribution < 1.29 is 27.4 Å². The van der Waals surface area contributed by atoms with Gasteiger partial charge in [-0.1, -0.05) is 18.2 Å². The monoisotopic (exact) mass is 390 g/mol. The number of ether oxygens (including phenoxy) is 2. The lowest BCUT2D eigenvalue weighted by Gasteiger charge is -2.33. The Morgan fingerprint density at radius 3 is 2.79 bits per heavy atom. The first kappa shape index (κ1) is 19.7. The minimum atomic E-state index is -4.45. The summed E-state index contributed by atoms with van der Waals surface area (Å²) >= 11 is 0. The number of nitriles is 1. The maximum atomic E-state index is 12.8. The zero-order chi connectivity index (χ0) is 20.1. The molecule has 1 unspecified atom stereocenters. The van der Waals surface area contributed by atoms with Gasteiger partial charge in [0, 0.05) is 6.54 Å². The number of hydrogen-bond acceptors (Lipinski definition) is 4. The molecule has 0 spiro atoms. The minimum Gasteiger partial charge on any atom is -0.491 e. The van der Waals surface area contributed by atoms with E-state index in [9.17, 15) is 18.0 Å². The van der Waals surface area contributed by atoms with Crippen LogP contribution in [0.5, 0.6) is 5.75 Å². The molecule has 28 heavy (non-hydrogen) atoms. The van der Waals surface area contributed by atoms with Crippen LogP contribution < -0.4 is 4.74 Å². The third-order valence-electron chi connectivity index (χ3n) is 4.30. The van der Waals surface area contributed by atoms with E-state index in [1.165, 1.54) is 12.1 Å². The highest BCUT2D eigenvalue weighted by molar-refractivity contribution is 5.96. The Bertz CT molecular complexity index is 893. The Morgan fingerprint density at radius 1 is 1.25 bits per heavy atom. The number of morpholine rings is 1. The second-order valence-electron chi connectivity index (χ2n) is 6.24. The van der Waals surface area contributed by atoms with E-state index in [2.05, 4.69) is 0 Å². The quantitative estimate of drug-likeness (QED) is 0.802. The van der Waals surface area contributed by atoms with E-state index in [4.69, 9.17) is 14.7 Å². The van der Waals surface area contributed by atoms with Gasteiger partial charge in [0.1, 0.15) is 18.5 Å². The highest BCUT2D eigenvalue weighted by Gasteiger charge is 2.31. The van der Waals surface area contributed by atoms with Gasteiger partial charge in [-0.25, -0.2) is 0 Å². The van der Waals surface area contributed by atoms with Crippen LogP contribution in [0.2, 0.25) is 0 Å². The Morgan fingerprint density at radius 2 is 2.04 bits per heavy atom. The Kier molecular flexibility index (Phi) is 5.85. The standard InChI is InChI=1S/C20H17F3N2O3/c21-20(22,23)15-5-3-6-16(10-15)28-13-17-12-25(8-9-27-17)19(26)18-7-2-1-4-14(18)11-24/h1-7,10,17H,8-9,12-13H2. The lowest BCUT2D eigenvalue weighted by molar-refractivity contribution is -0.137. The molecule has 0 bridgehead atoms. The van der Waals surface area contributed by atoms with Crippen LogP contribution in [-0.2, 0) is 10.9 Å². The molecule has 1 atom stereocenters. The molecular weight excluding hydrogens is 373 g/mol. The summed E-state index contributed by atoms with van der Waals surface area (Å²) in [5, 5.41) is 9.16. The molecule has 2 aromatic carbocycles. The van der Waals surface area contributed by atoms with Gasteiger partial charge in [0.25, 0.3) is 5.91 Å². The van der Waals surface area contributed by atoms with E-state index in [1.807, 2.05) is 6.07 Å². The summed E-state index contributed by atoms with van der Waals surface area (Å²) in [5.74, 6) is -0.207. The fourth-order valence-corrected chi connectivity index (χ4v) is 2.89. The van der Waals surface area contributed by atoms with Gasteiger partial charge in [0.05, 0.1) is 35.9 Å². The zero-order valence-electron chi connectivity index (χ0n) is 14.8. The molecule has 1 fully saturated rings. The SMILES string of the molecule is N#Cc1ccccc1C(=O)N1CCOC(COc2cccc(C(F)(F)F)c2)C1. The van der Waals surface area contributed by atoms with Crippen LogP contribution in [0, 0.1) is 11.3 Å². The Labute approximate surface area is 159 Å². The summed E-state index contributed by atoms with van der Waals surface area (Å²) in [7, 11) is 0. The molecule has 1 aliphatic heterocycles. The molecule has 146 valence electrons. The van der Waals surface area contributed by atoms with Crippen LogP contribution in [-0.4, -0.2) is 43.2 Å². The number of nitrogens with zero attached hydrogens (tertiary/aromatic N) is 2. The van der Waals surface area contributed by atoms with Gasteiger partial charge in [-0.05, 0) is 30.3 Å². The predicted molar refractivity (Wildman–Crippen MR) is 93.7 cm³/mol. The number of carbonyl (C=O) groups excluding carboxylic acids is 1. The number of carbonyl (C=O) groups is 1. The van der Waals surface area contributed by atoms with Gasteiger partial charge < -0.3 is 14.4 Å². The second kappa shape index (κ2) is 8.31. The average Bonchev–Trinajstić information content (AvgIpc) is 2.71. The third kappa shape index (κ3) is 4.61. The van der Waals surface area contributed by atoms with Crippen LogP contribution in [0.25, 0.3) is 0 Å². The first-order valence-corrected chi connectivity index (χ1v) is 8.58. The molecule has 0 N–H and O–H groups in total. The lowest BCUT2D eigenvalue weighted by atomic mass is 10.1. The summed E-state index contributed by atoms with van der Waals surface area (Å²) in [5.41, 5.74) is -0.195. The molecule has 0 aliphatic carbocycles. The molecule has 0 aromatic heterocycles. The first-order chi connectivity index (χ1) is 13.4. The number of halogens is 3. The summed E-state index contributed by atoms with van der Waals surface area (Å²) in [4.78, 5) is 14.3. The molecule has 1 amide bonds. The van der Waals surface area contributed by atoms with E-state index >= 15 is 0 Å². The van der Waals surface area contributed by atoms with Crippen LogP contribution in [0.4, 0.5) is 13.2 Å². The zero-order valence-corrected chi connectivity index (χ0v) is 14.8. The summed E-state index contributed by atoms with van der Waals surface area (Å²) in [6, 6.07) is 13.1.